The van der Waals surface area contributed by atoms with Gasteiger partial charge in [0.2, 0.25) is 0 Å². The van der Waals surface area contributed by atoms with E-state index >= 15 is 0 Å². The van der Waals surface area contributed by atoms with Crippen LogP contribution in [0.25, 0.3) is 11.0 Å². The zero-order chi connectivity index (χ0) is 18.0. The van der Waals surface area contributed by atoms with Gasteiger partial charge in [0.15, 0.2) is 0 Å². The van der Waals surface area contributed by atoms with Crippen molar-refractivity contribution in [3.63, 3.8) is 0 Å². The number of H-pyrrole nitrogens is 1. The summed E-state index contributed by atoms with van der Waals surface area (Å²) in [6, 6.07) is 9.56. The highest BCUT2D eigenvalue weighted by atomic mass is 19.3. The van der Waals surface area contributed by atoms with Gasteiger partial charge in [-0.1, -0.05) is 19.1 Å². The number of alkyl halides is 2. The lowest BCUT2D eigenvalue weighted by molar-refractivity contribution is 0.0704. The number of imidazole rings is 1. The number of carbonyl (C=O) groups is 1. The van der Waals surface area contributed by atoms with Crippen molar-refractivity contribution in [1.29, 1.82) is 0 Å². The van der Waals surface area contributed by atoms with E-state index in [-0.39, 0.29) is 17.9 Å². The summed E-state index contributed by atoms with van der Waals surface area (Å²) in [5.74, 6) is -0.847. The van der Waals surface area contributed by atoms with Crippen molar-refractivity contribution in [1.82, 2.24) is 19.9 Å². The van der Waals surface area contributed by atoms with Crippen molar-refractivity contribution in [3.05, 3.63) is 64.3 Å². The minimum absolute atomic E-state index is 0.0305. The number of hydrogen-bond acceptors (Lipinski definition) is 3. The zero-order valence-corrected chi connectivity index (χ0v) is 13.4. The van der Waals surface area contributed by atoms with E-state index < -0.39 is 23.9 Å². The predicted molar refractivity (Wildman–Crippen MR) is 88.8 cm³/mol. The van der Waals surface area contributed by atoms with Gasteiger partial charge in [0, 0.05) is 18.7 Å². The Morgan fingerprint density at radius 1 is 1.28 bits per heavy atom. The van der Waals surface area contributed by atoms with Crippen molar-refractivity contribution in [2.75, 3.05) is 6.54 Å². The largest absolute Gasteiger partial charge is 0.351 e. The lowest BCUT2D eigenvalue weighted by Crippen LogP contribution is -2.32. The molecule has 0 bridgehead atoms. The Balaban J connectivity index is 1.82. The molecule has 1 atom stereocenters. The summed E-state index contributed by atoms with van der Waals surface area (Å²) in [4.78, 5) is 30.4. The van der Waals surface area contributed by atoms with Crippen LogP contribution in [0, 0.1) is 0 Å². The summed E-state index contributed by atoms with van der Waals surface area (Å²) in [7, 11) is 0. The molecule has 130 valence electrons. The Labute approximate surface area is 141 Å². The number of aromatic amines is 1. The maximum atomic E-state index is 13.5. The van der Waals surface area contributed by atoms with E-state index in [1.807, 2.05) is 0 Å². The van der Waals surface area contributed by atoms with Gasteiger partial charge in [0.25, 0.3) is 11.5 Å². The minimum atomic E-state index is -2.74. The monoisotopic (exact) mass is 346 g/mol. The van der Waals surface area contributed by atoms with Gasteiger partial charge >= 0.3 is 6.55 Å². The van der Waals surface area contributed by atoms with Crippen LogP contribution in [0.3, 0.4) is 0 Å². The molecule has 0 aliphatic rings. The highest BCUT2D eigenvalue weighted by Gasteiger charge is 2.22. The number of hydrogen-bond donors (Lipinski definition) is 2. The van der Waals surface area contributed by atoms with Crippen LogP contribution in [0.4, 0.5) is 8.78 Å². The van der Waals surface area contributed by atoms with Gasteiger partial charge in [-0.2, -0.15) is 8.78 Å². The van der Waals surface area contributed by atoms with Gasteiger partial charge in [-0.25, -0.2) is 4.98 Å². The summed E-state index contributed by atoms with van der Waals surface area (Å²) in [5.41, 5.74) is 0.269. The summed E-state index contributed by atoms with van der Waals surface area (Å²) < 4.78 is 27.8. The Hall–Kier alpha value is -3.03. The van der Waals surface area contributed by atoms with Crippen molar-refractivity contribution in [3.8, 4) is 0 Å². The number of benzene rings is 1. The standard InChI is InChI=1S/C17H16F2N4O2/c1-10(9-21-16(25)11-5-4-8-20-15(11)24)14-22-12-6-2-3-7-13(12)23(14)17(18)19/h2-8,10,17H,9H2,1H3,(H,20,24)(H,21,25)/t10-/m0/s1. The SMILES string of the molecule is C[C@@H](CNC(=O)c1ccc[nH]c1=O)c1nc2ccccc2n1C(F)F. The average molecular weight is 346 g/mol. The summed E-state index contributed by atoms with van der Waals surface area (Å²) in [5, 5.41) is 2.59. The van der Waals surface area contributed by atoms with Crippen LogP contribution < -0.4 is 10.9 Å². The third-order valence-electron chi connectivity index (χ3n) is 3.89. The molecule has 0 radical (unpaired) electrons. The van der Waals surface area contributed by atoms with E-state index in [0.29, 0.717) is 11.0 Å². The Morgan fingerprint density at radius 3 is 2.76 bits per heavy atom. The molecule has 25 heavy (non-hydrogen) atoms. The second kappa shape index (κ2) is 6.84. The third kappa shape index (κ3) is 3.28. The first-order valence-electron chi connectivity index (χ1n) is 7.70. The first-order chi connectivity index (χ1) is 12.0. The molecule has 3 aromatic rings. The fourth-order valence-corrected chi connectivity index (χ4v) is 2.65. The minimum Gasteiger partial charge on any atom is -0.351 e. The molecule has 8 heteroatoms. The predicted octanol–water partition coefficient (Wildman–Crippen LogP) is 2.65. The normalized spacial score (nSPS) is 12.5. The smallest absolute Gasteiger partial charge is 0.320 e. The molecule has 3 rings (SSSR count). The Morgan fingerprint density at radius 2 is 2.04 bits per heavy atom. The fraction of sp³-hybridized carbons (Fsp3) is 0.235. The maximum absolute atomic E-state index is 13.5. The number of rotatable bonds is 5. The molecule has 6 nitrogen and oxygen atoms in total. The molecule has 0 fully saturated rings. The quantitative estimate of drug-likeness (QED) is 0.745. The number of para-hydroxylation sites is 2. The lowest BCUT2D eigenvalue weighted by Gasteiger charge is -2.14. The van der Waals surface area contributed by atoms with Crippen LogP contribution in [0.5, 0.6) is 0 Å². The number of halogens is 2. The van der Waals surface area contributed by atoms with Crippen molar-refractivity contribution in [2.45, 2.75) is 19.4 Å². The molecule has 0 unspecified atom stereocenters. The van der Waals surface area contributed by atoms with E-state index in [1.54, 1.807) is 31.2 Å². The molecular formula is C17H16F2N4O2. The van der Waals surface area contributed by atoms with Gasteiger partial charge in [0.05, 0.1) is 11.0 Å². The zero-order valence-electron chi connectivity index (χ0n) is 13.4. The number of nitrogens with zero attached hydrogens (tertiary/aromatic N) is 2. The molecule has 2 N–H and O–H groups in total. The second-order valence-electron chi connectivity index (χ2n) is 5.63. The molecule has 0 aliphatic heterocycles. The summed E-state index contributed by atoms with van der Waals surface area (Å²) >= 11 is 0. The van der Waals surface area contributed by atoms with Gasteiger partial charge in [0.1, 0.15) is 11.4 Å². The van der Waals surface area contributed by atoms with Gasteiger partial charge in [-0.15, -0.1) is 0 Å². The fourth-order valence-electron chi connectivity index (χ4n) is 2.65. The van der Waals surface area contributed by atoms with Crippen LogP contribution in [0.1, 0.15) is 35.6 Å². The Bertz CT molecular complexity index is 964. The highest BCUT2D eigenvalue weighted by molar-refractivity contribution is 5.93. The lowest BCUT2D eigenvalue weighted by atomic mass is 10.1. The van der Waals surface area contributed by atoms with Crippen molar-refractivity contribution in [2.24, 2.45) is 0 Å². The maximum Gasteiger partial charge on any atom is 0.320 e. The number of carbonyl (C=O) groups excluding carboxylic acids is 1. The van der Waals surface area contributed by atoms with Crippen molar-refractivity contribution >= 4 is 16.9 Å². The molecule has 2 aromatic heterocycles. The topological polar surface area (TPSA) is 79.8 Å². The van der Waals surface area contributed by atoms with Crippen LogP contribution >= 0.6 is 0 Å². The van der Waals surface area contributed by atoms with Crippen LogP contribution in [0.2, 0.25) is 0 Å². The van der Waals surface area contributed by atoms with Crippen LogP contribution in [-0.4, -0.2) is 27.0 Å². The molecule has 1 aromatic carbocycles. The van der Waals surface area contributed by atoms with E-state index in [4.69, 9.17) is 0 Å². The van der Waals surface area contributed by atoms with Gasteiger partial charge < -0.3 is 10.3 Å². The molecule has 1 amide bonds. The molecular weight excluding hydrogens is 330 g/mol. The molecule has 0 saturated carbocycles. The van der Waals surface area contributed by atoms with E-state index in [0.717, 1.165) is 4.57 Å². The molecule has 0 spiro atoms. The first kappa shape index (κ1) is 16.8. The average Bonchev–Trinajstić information content (AvgIpc) is 2.99. The summed E-state index contributed by atoms with van der Waals surface area (Å²) in [6.45, 7) is -0.976. The van der Waals surface area contributed by atoms with E-state index in [9.17, 15) is 18.4 Å². The number of aromatic nitrogens is 3. The second-order valence-corrected chi connectivity index (χ2v) is 5.63. The highest BCUT2D eigenvalue weighted by Crippen LogP contribution is 2.27. The van der Waals surface area contributed by atoms with E-state index in [2.05, 4.69) is 15.3 Å². The van der Waals surface area contributed by atoms with Crippen LogP contribution in [-0.2, 0) is 0 Å². The van der Waals surface area contributed by atoms with Crippen molar-refractivity contribution < 1.29 is 13.6 Å². The number of pyridine rings is 1. The molecule has 0 saturated heterocycles. The number of fused-ring (bicyclic) bond motifs is 1. The first-order valence-corrected chi connectivity index (χ1v) is 7.70. The number of amides is 1. The molecule has 2 heterocycles. The third-order valence-corrected chi connectivity index (χ3v) is 3.89. The Kier molecular flexibility index (Phi) is 4.60. The van der Waals surface area contributed by atoms with Gasteiger partial charge in [-0.05, 0) is 24.3 Å². The molecule has 0 aliphatic carbocycles. The van der Waals surface area contributed by atoms with E-state index in [1.165, 1.54) is 18.3 Å². The summed E-state index contributed by atoms with van der Waals surface area (Å²) in [6.07, 6.45) is 1.42. The number of nitrogens with one attached hydrogen (secondary N) is 2. The van der Waals surface area contributed by atoms with Crippen LogP contribution in [0.15, 0.2) is 47.4 Å². The van der Waals surface area contributed by atoms with Gasteiger partial charge in [-0.3, -0.25) is 14.2 Å².